The van der Waals surface area contributed by atoms with E-state index in [0.717, 1.165) is 16.6 Å². The maximum atomic E-state index is 12.5. The highest BCUT2D eigenvalue weighted by atomic mass is 32.2. The van der Waals surface area contributed by atoms with Crippen LogP contribution >= 0.6 is 0 Å². The third kappa shape index (κ3) is 2.86. The van der Waals surface area contributed by atoms with Crippen LogP contribution in [-0.4, -0.2) is 31.1 Å². The highest BCUT2D eigenvalue weighted by Gasteiger charge is 2.14. The Balaban J connectivity index is 1.86. The lowest BCUT2D eigenvalue weighted by Gasteiger charge is -2.09. The zero-order chi connectivity index (χ0) is 15.5. The number of para-hydroxylation sites is 2. The number of aromatic nitrogens is 3. The molecule has 0 aliphatic rings. The summed E-state index contributed by atoms with van der Waals surface area (Å²) in [6, 6.07) is 9.21. The fourth-order valence-corrected chi connectivity index (χ4v) is 3.26. The van der Waals surface area contributed by atoms with Gasteiger partial charge in [0, 0.05) is 11.8 Å². The fraction of sp³-hybridized carbons (Fsp3) is 0.200. The molecule has 0 saturated carbocycles. The Bertz CT molecular complexity index is 799. The third-order valence-electron chi connectivity index (χ3n) is 3.33. The van der Waals surface area contributed by atoms with Crippen molar-refractivity contribution in [2.45, 2.75) is 17.8 Å². The van der Waals surface area contributed by atoms with E-state index < -0.39 is 17.6 Å². The average Bonchev–Trinajstić information content (AvgIpc) is 2.95. The maximum Gasteiger partial charge on any atom is 0.197 e. The predicted octanol–water partition coefficient (Wildman–Crippen LogP) is 1.90. The summed E-state index contributed by atoms with van der Waals surface area (Å²) in [5.74, 6) is 0.767. The summed E-state index contributed by atoms with van der Waals surface area (Å²) in [5.41, 5.74) is 3.06. The maximum absolute atomic E-state index is 12.5. The number of ether oxygens (including phenoxy) is 1. The standard InChI is InChI=1S/C15H15N3O3S/c1-10-13(16-7-6-14(10)21-9-19)8-22(20)15-17-11-4-2-3-5-12(11)18-15/h2-7,19H,8-9H2,1H3,(H,17,18). The fourth-order valence-electron chi connectivity index (χ4n) is 2.16. The first-order chi connectivity index (χ1) is 10.7. The topological polar surface area (TPSA) is 88.1 Å². The summed E-state index contributed by atoms with van der Waals surface area (Å²) in [6.45, 7) is 1.42. The van der Waals surface area contributed by atoms with Crippen LogP contribution in [0.2, 0.25) is 0 Å². The van der Waals surface area contributed by atoms with E-state index >= 15 is 0 Å². The Labute approximate surface area is 129 Å². The molecule has 0 aliphatic carbocycles. The molecule has 0 saturated heterocycles. The van der Waals surface area contributed by atoms with Crippen molar-refractivity contribution in [3.63, 3.8) is 0 Å². The van der Waals surface area contributed by atoms with Crippen LogP contribution in [-0.2, 0) is 16.6 Å². The van der Waals surface area contributed by atoms with Gasteiger partial charge in [-0.15, -0.1) is 0 Å². The first kappa shape index (κ1) is 14.7. The molecule has 0 amide bonds. The molecule has 0 spiro atoms. The van der Waals surface area contributed by atoms with Crippen molar-refractivity contribution in [3.8, 4) is 5.75 Å². The molecule has 2 heterocycles. The molecule has 0 aliphatic heterocycles. The van der Waals surface area contributed by atoms with Gasteiger partial charge in [0.1, 0.15) is 5.75 Å². The first-order valence-corrected chi connectivity index (χ1v) is 8.02. The number of hydrogen-bond donors (Lipinski definition) is 2. The molecular weight excluding hydrogens is 302 g/mol. The molecule has 22 heavy (non-hydrogen) atoms. The minimum atomic E-state index is -1.34. The van der Waals surface area contributed by atoms with Crippen LogP contribution in [0, 0.1) is 6.92 Å². The van der Waals surface area contributed by atoms with Crippen molar-refractivity contribution in [3.05, 3.63) is 47.8 Å². The number of nitrogens with zero attached hydrogens (tertiary/aromatic N) is 2. The Kier molecular flexibility index (Phi) is 4.17. The Morgan fingerprint density at radius 2 is 2.14 bits per heavy atom. The molecule has 7 heteroatoms. The molecule has 0 radical (unpaired) electrons. The number of aromatic amines is 1. The van der Waals surface area contributed by atoms with Crippen LogP contribution in [0.15, 0.2) is 41.7 Å². The van der Waals surface area contributed by atoms with Gasteiger partial charge in [0.2, 0.25) is 0 Å². The minimum absolute atomic E-state index is 0.230. The second-order valence-electron chi connectivity index (χ2n) is 4.70. The van der Waals surface area contributed by atoms with Crippen LogP contribution < -0.4 is 4.74 Å². The Morgan fingerprint density at radius 3 is 2.91 bits per heavy atom. The molecule has 0 bridgehead atoms. The van der Waals surface area contributed by atoms with Crippen LogP contribution in [0.25, 0.3) is 11.0 Å². The molecular formula is C15H15N3O3S. The van der Waals surface area contributed by atoms with E-state index in [1.807, 2.05) is 31.2 Å². The molecule has 0 fully saturated rings. The van der Waals surface area contributed by atoms with E-state index in [1.165, 1.54) is 0 Å². The van der Waals surface area contributed by atoms with Crippen LogP contribution in [0.3, 0.4) is 0 Å². The number of aliphatic hydroxyl groups excluding tert-OH is 1. The number of rotatable bonds is 5. The summed E-state index contributed by atoms with van der Waals surface area (Å²) < 4.78 is 17.6. The molecule has 2 aromatic heterocycles. The van der Waals surface area contributed by atoms with Crippen molar-refractivity contribution in [2.24, 2.45) is 0 Å². The molecule has 3 aromatic rings. The zero-order valence-electron chi connectivity index (χ0n) is 11.9. The van der Waals surface area contributed by atoms with Crippen molar-refractivity contribution < 1.29 is 14.1 Å². The van der Waals surface area contributed by atoms with Gasteiger partial charge in [0.15, 0.2) is 11.9 Å². The SMILES string of the molecule is Cc1c(OCO)ccnc1CS(=O)c1nc2ccccc2[nH]1. The molecule has 3 rings (SSSR count). The number of aliphatic hydroxyl groups is 1. The van der Waals surface area contributed by atoms with Gasteiger partial charge < -0.3 is 14.8 Å². The van der Waals surface area contributed by atoms with E-state index in [4.69, 9.17) is 9.84 Å². The number of nitrogens with one attached hydrogen (secondary N) is 1. The average molecular weight is 317 g/mol. The van der Waals surface area contributed by atoms with Gasteiger partial charge in [-0.2, -0.15) is 0 Å². The summed E-state index contributed by atoms with van der Waals surface area (Å²) in [7, 11) is -1.34. The lowest BCUT2D eigenvalue weighted by Crippen LogP contribution is -2.05. The highest BCUT2D eigenvalue weighted by molar-refractivity contribution is 7.84. The van der Waals surface area contributed by atoms with Crippen molar-refractivity contribution in [1.29, 1.82) is 0 Å². The molecule has 1 unspecified atom stereocenters. The summed E-state index contributed by atoms with van der Waals surface area (Å²) in [6.07, 6.45) is 1.57. The Hall–Kier alpha value is -2.25. The number of pyridine rings is 1. The number of fused-ring (bicyclic) bond motifs is 1. The van der Waals surface area contributed by atoms with Gasteiger partial charge in [-0.1, -0.05) is 12.1 Å². The van der Waals surface area contributed by atoms with Gasteiger partial charge in [-0.25, -0.2) is 4.98 Å². The van der Waals surface area contributed by atoms with Crippen molar-refractivity contribution in [1.82, 2.24) is 15.0 Å². The van der Waals surface area contributed by atoms with E-state index in [0.29, 0.717) is 16.6 Å². The van der Waals surface area contributed by atoms with E-state index in [1.54, 1.807) is 12.3 Å². The number of hydrogen-bond acceptors (Lipinski definition) is 5. The van der Waals surface area contributed by atoms with E-state index in [2.05, 4.69) is 15.0 Å². The molecule has 114 valence electrons. The number of benzene rings is 1. The molecule has 1 aromatic carbocycles. The summed E-state index contributed by atoms with van der Waals surface area (Å²) in [4.78, 5) is 11.7. The second-order valence-corrected chi connectivity index (χ2v) is 6.07. The quantitative estimate of drug-likeness (QED) is 0.702. The minimum Gasteiger partial charge on any atom is -0.467 e. The monoisotopic (exact) mass is 317 g/mol. The third-order valence-corrected chi connectivity index (χ3v) is 4.49. The summed E-state index contributed by atoms with van der Waals surface area (Å²) >= 11 is 0. The van der Waals surface area contributed by atoms with Crippen LogP contribution in [0.5, 0.6) is 5.75 Å². The number of imidazole rings is 1. The van der Waals surface area contributed by atoms with E-state index in [-0.39, 0.29) is 5.75 Å². The lowest BCUT2D eigenvalue weighted by molar-refractivity contribution is 0.0977. The van der Waals surface area contributed by atoms with E-state index in [9.17, 15) is 4.21 Å². The van der Waals surface area contributed by atoms with Crippen molar-refractivity contribution >= 4 is 21.8 Å². The molecule has 1 atom stereocenters. The first-order valence-electron chi connectivity index (χ1n) is 6.70. The van der Waals surface area contributed by atoms with Crippen LogP contribution in [0.1, 0.15) is 11.3 Å². The van der Waals surface area contributed by atoms with Gasteiger partial charge >= 0.3 is 0 Å². The van der Waals surface area contributed by atoms with Gasteiger partial charge in [-0.05, 0) is 25.1 Å². The normalized spacial score (nSPS) is 12.5. The van der Waals surface area contributed by atoms with Gasteiger partial charge in [-0.3, -0.25) is 9.19 Å². The predicted molar refractivity (Wildman–Crippen MR) is 82.9 cm³/mol. The smallest absolute Gasteiger partial charge is 0.197 e. The lowest BCUT2D eigenvalue weighted by atomic mass is 10.2. The van der Waals surface area contributed by atoms with Crippen molar-refractivity contribution in [2.75, 3.05) is 6.79 Å². The number of H-pyrrole nitrogens is 1. The molecule has 6 nitrogen and oxygen atoms in total. The largest absolute Gasteiger partial charge is 0.467 e. The van der Waals surface area contributed by atoms with Gasteiger partial charge in [0.05, 0.1) is 33.3 Å². The Morgan fingerprint density at radius 1 is 1.32 bits per heavy atom. The second kappa shape index (κ2) is 6.25. The van der Waals surface area contributed by atoms with Crippen LogP contribution in [0.4, 0.5) is 0 Å². The zero-order valence-corrected chi connectivity index (χ0v) is 12.8. The highest BCUT2D eigenvalue weighted by Crippen LogP contribution is 2.22. The summed E-state index contributed by atoms with van der Waals surface area (Å²) in [5, 5.41) is 9.28. The molecule has 2 N–H and O–H groups in total. The van der Waals surface area contributed by atoms with Gasteiger partial charge in [0.25, 0.3) is 0 Å².